The third-order valence-corrected chi connectivity index (χ3v) is 1.82. The van der Waals surface area contributed by atoms with Gasteiger partial charge in [0.2, 0.25) is 0 Å². The van der Waals surface area contributed by atoms with Crippen molar-refractivity contribution in [1.82, 2.24) is 10.3 Å². The van der Waals surface area contributed by atoms with Gasteiger partial charge in [-0.15, -0.1) is 0 Å². The Balaban J connectivity index is 2.61. The fourth-order valence-corrected chi connectivity index (χ4v) is 1.06. The van der Waals surface area contributed by atoms with Gasteiger partial charge in [-0.3, -0.25) is 14.3 Å². The van der Waals surface area contributed by atoms with Gasteiger partial charge in [0, 0.05) is 6.20 Å². The molecule has 0 saturated carbocycles. The number of rotatable bonds is 3. The summed E-state index contributed by atoms with van der Waals surface area (Å²) in [5.41, 5.74) is 0.0937. The number of amides is 1. The summed E-state index contributed by atoms with van der Waals surface area (Å²) < 4.78 is 28.9. The number of nitrogens with one attached hydrogen (secondary N) is 1. The van der Waals surface area contributed by atoms with Crippen LogP contribution in [0, 0.1) is 0 Å². The SMILES string of the molecule is O=C(NCS(=O)(=O)O)c1ccccn1. The Hall–Kier alpha value is -1.47. The van der Waals surface area contributed by atoms with Crippen molar-refractivity contribution in [3.05, 3.63) is 30.1 Å². The minimum atomic E-state index is -4.19. The fourth-order valence-electron chi connectivity index (χ4n) is 0.744. The van der Waals surface area contributed by atoms with Crippen LogP contribution in [0.25, 0.3) is 0 Å². The molecule has 0 spiro atoms. The number of carbonyl (C=O) groups is 1. The van der Waals surface area contributed by atoms with Crippen molar-refractivity contribution < 1.29 is 17.8 Å². The first-order chi connectivity index (χ1) is 6.49. The van der Waals surface area contributed by atoms with Crippen LogP contribution < -0.4 is 5.32 Å². The van der Waals surface area contributed by atoms with Crippen molar-refractivity contribution >= 4 is 16.0 Å². The van der Waals surface area contributed by atoms with Gasteiger partial charge < -0.3 is 5.32 Å². The van der Waals surface area contributed by atoms with Crippen molar-refractivity contribution in [1.29, 1.82) is 0 Å². The second-order valence-corrected chi connectivity index (χ2v) is 3.90. The molecule has 0 saturated heterocycles. The summed E-state index contributed by atoms with van der Waals surface area (Å²) in [5, 5.41) is 2.00. The molecule has 76 valence electrons. The largest absolute Gasteiger partial charge is 0.335 e. The maximum Gasteiger partial charge on any atom is 0.283 e. The molecule has 0 aliphatic heterocycles. The summed E-state index contributed by atoms with van der Waals surface area (Å²) in [6.07, 6.45) is 1.41. The first kappa shape index (κ1) is 10.6. The van der Waals surface area contributed by atoms with Gasteiger partial charge in [-0.2, -0.15) is 8.42 Å². The summed E-state index contributed by atoms with van der Waals surface area (Å²) in [5.74, 6) is -1.47. The fraction of sp³-hybridized carbons (Fsp3) is 0.143. The zero-order valence-corrected chi connectivity index (χ0v) is 7.86. The number of carbonyl (C=O) groups excluding carboxylic acids is 1. The van der Waals surface area contributed by atoms with E-state index < -0.39 is 21.9 Å². The first-order valence-electron chi connectivity index (χ1n) is 3.63. The Morgan fingerprint density at radius 2 is 2.21 bits per heavy atom. The molecular weight excluding hydrogens is 208 g/mol. The van der Waals surface area contributed by atoms with Crippen molar-refractivity contribution in [2.45, 2.75) is 0 Å². The maximum atomic E-state index is 11.1. The average molecular weight is 216 g/mol. The molecule has 0 radical (unpaired) electrons. The molecule has 0 aliphatic rings. The number of nitrogens with zero attached hydrogens (tertiary/aromatic N) is 1. The average Bonchev–Trinajstić information content (AvgIpc) is 2.14. The van der Waals surface area contributed by atoms with Crippen molar-refractivity contribution in [3.8, 4) is 0 Å². The second kappa shape index (κ2) is 4.16. The Morgan fingerprint density at radius 1 is 1.50 bits per heavy atom. The van der Waals surface area contributed by atoms with E-state index in [1.165, 1.54) is 12.3 Å². The molecule has 2 N–H and O–H groups in total. The zero-order chi connectivity index (χ0) is 10.6. The van der Waals surface area contributed by atoms with Crippen molar-refractivity contribution in [2.24, 2.45) is 0 Å². The van der Waals surface area contributed by atoms with Crippen LogP contribution in [0.2, 0.25) is 0 Å². The van der Waals surface area contributed by atoms with Gasteiger partial charge >= 0.3 is 0 Å². The standard InChI is InChI=1S/C7H8N2O4S/c10-7(9-5-14(11,12)13)6-3-1-2-4-8-6/h1-4H,5H2,(H,9,10)(H,11,12,13). The quantitative estimate of drug-likeness (QED) is 0.673. The highest BCUT2D eigenvalue weighted by atomic mass is 32.2. The minimum Gasteiger partial charge on any atom is -0.335 e. The third-order valence-electron chi connectivity index (χ3n) is 1.31. The summed E-state index contributed by atoms with van der Waals surface area (Å²) in [6.45, 7) is 0. The van der Waals surface area contributed by atoms with Crippen LogP contribution in [0.4, 0.5) is 0 Å². The van der Waals surface area contributed by atoms with Crippen LogP contribution >= 0.6 is 0 Å². The minimum absolute atomic E-state index is 0.0937. The predicted molar refractivity (Wildman–Crippen MR) is 48.1 cm³/mol. The lowest BCUT2D eigenvalue weighted by Gasteiger charge is -2.01. The van der Waals surface area contributed by atoms with E-state index in [1.807, 2.05) is 5.32 Å². The van der Waals surface area contributed by atoms with Gasteiger partial charge in [0.25, 0.3) is 16.0 Å². The van der Waals surface area contributed by atoms with Crippen LogP contribution in [0.5, 0.6) is 0 Å². The van der Waals surface area contributed by atoms with Gasteiger partial charge in [-0.1, -0.05) is 6.07 Å². The molecule has 1 heterocycles. The second-order valence-electron chi connectivity index (χ2n) is 2.45. The molecule has 7 heteroatoms. The van der Waals surface area contributed by atoms with Crippen molar-refractivity contribution in [3.63, 3.8) is 0 Å². The highest BCUT2D eigenvalue weighted by molar-refractivity contribution is 7.85. The van der Waals surface area contributed by atoms with Crippen LogP contribution in [-0.4, -0.2) is 29.7 Å². The van der Waals surface area contributed by atoms with E-state index in [0.717, 1.165) is 0 Å². The normalized spacial score (nSPS) is 10.9. The van der Waals surface area contributed by atoms with Gasteiger partial charge in [0.05, 0.1) is 0 Å². The molecule has 0 fully saturated rings. The summed E-state index contributed by atoms with van der Waals surface area (Å²) in [6, 6.07) is 4.65. The highest BCUT2D eigenvalue weighted by Gasteiger charge is 2.09. The van der Waals surface area contributed by atoms with E-state index in [0.29, 0.717) is 0 Å². The Kier molecular flexibility index (Phi) is 3.15. The maximum absolute atomic E-state index is 11.1. The molecule has 14 heavy (non-hydrogen) atoms. The molecular formula is C7H8N2O4S. The Labute approximate surface area is 80.7 Å². The molecule has 1 aromatic heterocycles. The molecule has 1 aromatic rings. The molecule has 0 aromatic carbocycles. The molecule has 6 nitrogen and oxygen atoms in total. The van der Waals surface area contributed by atoms with Crippen molar-refractivity contribution in [2.75, 3.05) is 5.88 Å². The van der Waals surface area contributed by atoms with E-state index in [-0.39, 0.29) is 5.69 Å². The van der Waals surface area contributed by atoms with E-state index in [4.69, 9.17) is 4.55 Å². The first-order valence-corrected chi connectivity index (χ1v) is 5.24. The van der Waals surface area contributed by atoms with E-state index in [9.17, 15) is 13.2 Å². The molecule has 1 amide bonds. The third kappa shape index (κ3) is 3.50. The monoisotopic (exact) mass is 216 g/mol. The number of hydrogen-bond acceptors (Lipinski definition) is 4. The molecule has 0 unspecified atom stereocenters. The number of aromatic nitrogens is 1. The lowest BCUT2D eigenvalue weighted by molar-refractivity contribution is 0.0954. The lowest BCUT2D eigenvalue weighted by Crippen LogP contribution is -2.29. The Bertz CT molecular complexity index is 415. The van der Waals surface area contributed by atoms with Crippen LogP contribution in [-0.2, 0) is 10.1 Å². The van der Waals surface area contributed by atoms with E-state index in [2.05, 4.69) is 4.98 Å². The van der Waals surface area contributed by atoms with Crippen LogP contribution in [0.15, 0.2) is 24.4 Å². The summed E-state index contributed by atoms with van der Waals surface area (Å²) in [7, 11) is -4.19. The smallest absolute Gasteiger partial charge is 0.283 e. The predicted octanol–water partition coefficient (Wildman–Crippen LogP) is -0.343. The number of pyridine rings is 1. The van der Waals surface area contributed by atoms with Gasteiger partial charge in [-0.05, 0) is 12.1 Å². The van der Waals surface area contributed by atoms with Gasteiger partial charge in [0.1, 0.15) is 11.6 Å². The highest BCUT2D eigenvalue weighted by Crippen LogP contribution is 1.92. The topological polar surface area (TPSA) is 96.4 Å². The van der Waals surface area contributed by atoms with Crippen LogP contribution in [0.1, 0.15) is 10.5 Å². The summed E-state index contributed by atoms with van der Waals surface area (Å²) in [4.78, 5) is 14.8. The van der Waals surface area contributed by atoms with E-state index in [1.54, 1.807) is 12.1 Å². The lowest BCUT2D eigenvalue weighted by atomic mass is 10.3. The Morgan fingerprint density at radius 3 is 2.71 bits per heavy atom. The molecule has 0 bridgehead atoms. The molecule has 0 atom stereocenters. The van der Waals surface area contributed by atoms with E-state index >= 15 is 0 Å². The molecule has 0 aliphatic carbocycles. The number of hydrogen-bond donors (Lipinski definition) is 2. The van der Waals surface area contributed by atoms with Crippen LogP contribution in [0.3, 0.4) is 0 Å². The summed E-state index contributed by atoms with van der Waals surface area (Å²) >= 11 is 0. The van der Waals surface area contributed by atoms with Gasteiger partial charge in [0.15, 0.2) is 0 Å². The van der Waals surface area contributed by atoms with Gasteiger partial charge in [-0.25, -0.2) is 0 Å². The molecule has 1 rings (SSSR count). The zero-order valence-electron chi connectivity index (χ0n) is 7.04.